The Balaban J connectivity index is 2.19. The molecule has 0 saturated carbocycles. The predicted octanol–water partition coefficient (Wildman–Crippen LogP) is 0.198. The maximum absolute atomic E-state index is 12.5. The van der Waals surface area contributed by atoms with Crippen LogP contribution in [0.25, 0.3) is 0 Å². The van der Waals surface area contributed by atoms with Gasteiger partial charge in [-0.25, -0.2) is 13.1 Å². The van der Waals surface area contributed by atoms with Crippen molar-refractivity contribution < 1.29 is 32.2 Å². The van der Waals surface area contributed by atoms with E-state index in [1.165, 1.54) is 33.5 Å². The molecule has 1 aliphatic heterocycles. The van der Waals surface area contributed by atoms with Crippen LogP contribution < -0.4 is 15.2 Å². The van der Waals surface area contributed by atoms with Crippen molar-refractivity contribution in [3.63, 3.8) is 0 Å². The van der Waals surface area contributed by atoms with Crippen LogP contribution in [-0.2, 0) is 24.2 Å². The number of nitrogens with one attached hydrogen (secondary N) is 1. The standard InChI is InChI=1S/C15H22N2O7S/c1-21-12-5-4-10(8-11(12)14(16)18)25(19,20)17-9-15(23-3)7-6-13(22-2)24-15/h4-5,8,13,17H,6-7,9H2,1-3H3,(H2,16,18). The molecule has 0 spiro atoms. The monoisotopic (exact) mass is 374 g/mol. The molecule has 2 atom stereocenters. The van der Waals surface area contributed by atoms with Crippen molar-refractivity contribution in [2.45, 2.75) is 29.8 Å². The zero-order valence-electron chi connectivity index (χ0n) is 14.3. The Morgan fingerprint density at radius 3 is 2.64 bits per heavy atom. The number of carbonyl (C=O) groups excluding carboxylic acids is 1. The van der Waals surface area contributed by atoms with Gasteiger partial charge in [0.2, 0.25) is 10.0 Å². The van der Waals surface area contributed by atoms with E-state index < -0.39 is 28.0 Å². The van der Waals surface area contributed by atoms with Gasteiger partial charge in [-0.1, -0.05) is 0 Å². The second-order valence-corrected chi connectivity index (χ2v) is 7.25. The van der Waals surface area contributed by atoms with Gasteiger partial charge in [-0.2, -0.15) is 0 Å². The molecular formula is C15H22N2O7S. The molecule has 1 aromatic rings. The molecule has 2 unspecified atom stereocenters. The van der Waals surface area contributed by atoms with Crippen molar-refractivity contribution in [3.05, 3.63) is 23.8 Å². The minimum atomic E-state index is -3.92. The van der Waals surface area contributed by atoms with Crippen LogP contribution in [0.3, 0.4) is 0 Å². The third-order valence-corrected chi connectivity index (χ3v) is 5.42. The molecule has 140 valence electrons. The lowest BCUT2D eigenvalue weighted by Gasteiger charge is -2.27. The molecule has 1 fully saturated rings. The van der Waals surface area contributed by atoms with Crippen LogP contribution in [0, 0.1) is 0 Å². The summed E-state index contributed by atoms with van der Waals surface area (Å²) in [6.45, 7) is -0.108. The smallest absolute Gasteiger partial charge is 0.252 e. The summed E-state index contributed by atoms with van der Waals surface area (Å²) in [4.78, 5) is 11.4. The fourth-order valence-electron chi connectivity index (χ4n) is 2.55. The van der Waals surface area contributed by atoms with Gasteiger partial charge in [0, 0.05) is 27.1 Å². The third-order valence-electron chi connectivity index (χ3n) is 4.02. The molecule has 0 aliphatic carbocycles. The molecule has 10 heteroatoms. The normalized spacial score (nSPS) is 23.6. The number of hydrogen-bond acceptors (Lipinski definition) is 7. The number of benzene rings is 1. The van der Waals surface area contributed by atoms with Crippen LogP contribution in [0.15, 0.2) is 23.1 Å². The number of sulfonamides is 1. The van der Waals surface area contributed by atoms with Gasteiger partial charge < -0.3 is 24.7 Å². The number of hydrogen-bond donors (Lipinski definition) is 2. The molecule has 0 bridgehead atoms. The lowest BCUT2D eigenvalue weighted by molar-refractivity contribution is -0.251. The first-order valence-electron chi connectivity index (χ1n) is 7.50. The zero-order chi connectivity index (χ0) is 18.7. The quantitative estimate of drug-likeness (QED) is 0.665. The van der Waals surface area contributed by atoms with E-state index in [1.807, 2.05) is 0 Å². The lowest BCUT2D eigenvalue weighted by atomic mass is 10.2. The molecule has 1 aliphatic rings. The maximum Gasteiger partial charge on any atom is 0.252 e. The zero-order valence-corrected chi connectivity index (χ0v) is 15.1. The molecule has 1 heterocycles. The SMILES string of the molecule is COc1ccc(S(=O)(=O)NCC2(OC)CCC(OC)O2)cc1C(N)=O. The molecule has 2 rings (SSSR count). The van der Waals surface area contributed by atoms with Gasteiger partial charge in [-0.3, -0.25) is 4.79 Å². The summed E-state index contributed by atoms with van der Waals surface area (Å²) < 4.78 is 48.5. The highest BCUT2D eigenvalue weighted by Gasteiger charge is 2.41. The summed E-state index contributed by atoms with van der Waals surface area (Å²) in [5.41, 5.74) is 5.24. The van der Waals surface area contributed by atoms with E-state index in [9.17, 15) is 13.2 Å². The average Bonchev–Trinajstić information content (AvgIpc) is 3.03. The number of rotatable bonds is 8. The molecule has 3 N–H and O–H groups in total. The van der Waals surface area contributed by atoms with Gasteiger partial charge in [0.15, 0.2) is 12.1 Å². The highest BCUT2D eigenvalue weighted by atomic mass is 32.2. The number of primary amides is 1. The highest BCUT2D eigenvalue weighted by molar-refractivity contribution is 7.89. The Labute approximate surface area is 146 Å². The van der Waals surface area contributed by atoms with Crippen molar-refractivity contribution in [2.24, 2.45) is 5.73 Å². The van der Waals surface area contributed by atoms with Crippen molar-refractivity contribution >= 4 is 15.9 Å². The van der Waals surface area contributed by atoms with Gasteiger partial charge in [0.05, 0.1) is 24.1 Å². The van der Waals surface area contributed by atoms with Crippen LogP contribution in [0.4, 0.5) is 0 Å². The Kier molecular flexibility index (Phi) is 6.01. The molecule has 1 aromatic carbocycles. The van der Waals surface area contributed by atoms with E-state index in [4.69, 9.17) is 24.7 Å². The van der Waals surface area contributed by atoms with E-state index in [0.717, 1.165) is 6.07 Å². The summed E-state index contributed by atoms with van der Waals surface area (Å²) in [5.74, 6) is -1.70. The van der Waals surface area contributed by atoms with Crippen LogP contribution in [0.5, 0.6) is 5.75 Å². The van der Waals surface area contributed by atoms with Crippen LogP contribution in [0.1, 0.15) is 23.2 Å². The molecule has 9 nitrogen and oxygen atoms in total. The Hall–Kier alpha value is -1.72. The topological polar surface area (TPSA) is 126 Å². The van der Waals surface area contributed by atoms with Crippen LogP contribution in [-0.4, -0.2) is 54.3 Å². The van der Waals surface area contributed by atoms with Gasteiger partial charge in [0.1, 0.15) is 5.75 Å². The van der Waals surface area contributed by atoms with E-state index in [2.05, 4.69) is 4.72 Å². The average molecular weight is 374 g/mol. The Bertz CT molecular complexity index is 737. The number of nitrogens with two attached hydrogens (primary N) is 1. The summed E-state index contributed by atoms with van der Waals surface area (Å²) in [5, 5.41) is 0. The van der Waals surface area contributed by atoms with Gasteiger partial charge in [-0.15, -0.1) is 0 Å². The first-order chi connectivity index (χ1) is 11.8. The summed E-state index contributed by atoms with van der Waals surface area (Å²) in [6.07, 6.45) is 0.604. The van der Waals surface area contributed by atoms with Crippen molar-refractivity contribution in [1.82, 2.24) is 4.72 Å². The number of carbonyl (C=O) groups is 1. The van der Waals surface area contributed by atoms with Crippen LogP contribution >= 0.6 is 0 Å². The van der Waals surface area contributed by atoms with Gasteiger partial charge >= 0.3 is 0 Å². The number of ether oxygens (including phenoxy) is 4. The minimum absolute atomic E-state index is 0.0246. The van der Waals surface area contributed by atoms with Gasteiger partial charge in [0.25, 0.3) is 5.91 Å². The van der Waals surface area contributed by atoms with Crippen molar-refractivity contribution in [3.8, 4) is 5.75 Å². The second kappa shape index (κ2) is 7.67. The lowest BCUT2D eigenvalue weighted by Crippen LogP contribution is -2.44. The number of methoxy groups -OCH3 is 3. The summed E-state index contributed by atoms with van der Waals surface area (Å²) >= 11 is 0. The van der Waals surface area contributed by atoms with E-state index in [-0.39, 0.29) is 22.8 Å². The Morgan fingerprint density at radius 2 is 2.12 bits per heavy atom. The Morgan fingerprint density at radius 1 is 1.40 bits per heavy atom. The highest BCUT2D eigenvalue weighted by Crippen LogP contribution is 2.31. The van der Waals surface area contributed by atoms with E-state index in [1.54, 1.807) is 0 Å². The molecule has 25 heavy (non-hydrogen) atoms. The maximum atomic E-state index is 12.5. The van der Waals surface area contributed by atoms with Crippen molar-refractivity contribution in [2.75, 3.05) is 27.9 Å². The van der Waals surface area contributed by atoms with Gasteiger partial charge in [-0.05, 0) is 18.2 Å². The minimum Gasteiger partial charge on any atom is -0.496 e. The predicted molar refractivity (Wildman–Crippen MR) is 87.6 cm³/mol. The first-order valence-corrected chi connectivity index (χ1v) is 8.98. The summed E-state index contributed by atoms with van der Waals surface area (Å²) in [7, 11) is 0.385. The molecule has 1 saturated heterocycles. The fraction of sp³-hybridized carbons (Fsp3) is 0.533. The largest absolute Gasteiger partial charge is 0.496 e. The van der Waals surface area contributed by atoms with E-state index in [0.29, 0.717) is 12.8 Å². The summed E-state index contributed by atoms with van der Waals surface area (Å²) in [6, 6.07) is 3.85. The first kappa shape index (κ1) is 19.6. The van der Waals surface area contributed by atoms with E-state index >= 15 is 0 Å². The fourth-order valence-corrected chi connectivity index (χ4v) is 3.65. The number of amides is 1. The van der Waals surface area contributed by atoms with Crippen molar-refractivity contribution in [1.29, 1.82) is 0 Å². The molecule has 0 radical (unpaired) electrons. The van der Waals surface area contributed by atoms with Crippen LogP contribution in [0.2, 0.25) is 0 Å². The molecule has 0 aromatic heterocycles. The molecule has 1 amide bonds. The third kappa shape index (κ3) is 4.28. The second-order valence-electron chi connectivity index (χ2n) is 5.49. The molecular weight excluding hydrogens is 352 g/mol.